The van der Waals surface area contributed by atoms with Gasteiger partial charge in [0.1, 0.15) is 5.51 Å². The number of carbonyl (C=O) groups is 1. The van der Waals surface area contributed by atoms with E-state index in [0.29, 0.717) is 11.7 Å². The molecule has 3 rings (SSSR count). The van der Waals surface area contributed by atoms with Crippen LogP contribution in [0.3, 0.4) is 0 Å². The van der Waals surface area contributed by atoms with E-state index in [2.05, 4.69) is 25.7 Å². The molecule has 0 spiro atoms. The van der Waals surface area contributed by atoms with Crippen LogP contribution in [0.25, 0.3) is 11.3 Å². The van der Waals surface area contributed by atoms with Crippen LogP contribution in [0.1, 0.15) is 12.5 Å². The minimum atomic E-state index is -0.313. The van der Waals surface area contributed by atoms with Crippen LogP contribution in [0.2, 0.25) is 0 Å². The second-order valence-electron chi connectivity index (χ2n) is 5.46. The molecule has 0 aliphatic carbocycles. The van der Waals surface area contributed by atoms with Crippen LogP contribution in [0.15, 0.2) is 42.0 Å². The van der Waals surface area contributed by atoms with Gasteiger partial charge in [-0.05, 0) is 19.5 Å². The number of rotatable bonds is 6. The van der Waals surface area contributed by atoms with E-state index in [4.69, 9.17) is 0 Å². The summed E-state index contributed by atoms with van der Waals surface area (Å²) in [6.45, 7) is 2.46. The van der Waals surface area contributed by atoms with Gasteiger partial charge in [-0.2, -0.15) is 5.10 Å². The number of aromatic amines is 1. The number of hydrogen-bond donors (Lipinski definition) is 2. The summed E-state index contributed by atoms with van der Waals surface area (Å²) in [5, 5.41) is 18.0. The quantitative estimate of drug-likeness (QED) is 0.718. The Kier molecular flexibility index (Phi) is 4.97. The number of aromatic nitrogens is 4. The molecule has 0 fully saturated rings. The molecule has 0 unspecified atom stereocenters. The summed E-state index contributed by atoms with van der Waals surface area (Å²) in [5.41, 5.74) is 4.67. The molecule has 0 bridgehead atoms. The molecule has 8 heteroatoms. The Labute approximate surface area is 143 Å². The lowest BCUT2D eigenvalue weighted by Gasteiger charge is -2.23. The third-order valence-corrected chi connectivity index (χ3v) is 4.44. The van der Waals surface area contributed by atoms with Gasteiger partial charge in [-0.1, -0.05) is 41.7 Å². The van der Waals surface area contributed by atoms with Crippen LogP contribution in [-0.4, -0.2) is 44.3 Å². The normalized spacial score (nSPS) is 12.3. The number of amides is 1. The Bertz CT molecular complexity index is 786. The zero-order chi connectivity index (χ0) is 16.9. The molecule has 0 saturated carbocycles. The first-order chi connectivity index (χ1) is 11.6. The molecule has 0 aliphatic rings. The molecule has 1 atom stereocenters. The average molecular weight is 342 g/mol. The van der Waals surface area contributed by atoms with Crippen molar-refractivity contribution in [3.05, 3.63) is 47.6 Å². The van der Waals surface area contributed by atoms with E-state index in [0.717, 1.165) is 16.8 Å². The van der Waals surface area contributed by atoms with Gasteiger partial charge < -0.3 is 0 Å². The van der Waals surface area contributed by atoms with Gasteiger partial charge in [-0.25, -0.2) is 0 Å². The van der Waals surface area contributed by atoms with Gasteiger partial charge in [0.05, 0.1) is 17.9 Å². The van der Waals surface area contributed by atoms with Crippen molar-refractivity contribution in [3.8, 4) is 11.3 Å². The molecule has 1 amide bonds. The van der Waals surface area contributed by atoms with E-state index in [9.17, 15) is 4.79 Å². The first-order valence-corrected chi connectivity index (χ1v) is 8.38. The van der Waals surface area contributed by atoms with E-state index in [1.807, 2.05) is 49.2 Å². The fraction of sp³-hybridized carbons (Fsp3) is 0.250. The van der Waals surface area contributed by atoms with Gasteiger partial charge >= 0.3 is 0 Å². The molecule has 124 valence electrons. The summed E-state index contributed by atoms with van der Waals surface area (Å²) in [7, 11) is 1.91. The maximum Gasteiger partial charge on any atom is 0.243 e. The highest BCUT2D eigenvalue weighted by atomic mass is 32.1. The fourth-order valence-electron chi connectivity index (χ4n) is 2.33. The molecule has 0 saturated heterocycles. The smallest absolute Gasteiger partial charge is 0.243 e. The van der Waals surface area contributed by atoms with Gasteiger partial charge in [0.25, 0.3) is 0 Å². The predicted octanol–water partition coefficient (Wildman–Crippen LogP) is 2.39. The number of H-pyrrole nitrogens is 1. The van der Waals surface area contributed by atoms with E-state index < -0.39 is 0 Å². The second kappa shape index (κ2) is 7.33. The van der Waals surface area contributed by atoms with Crippen molar-refractivity contribution < 1.29 is 4.79 Å². The molecule has 2 heterocycles. The van der Waals surface area contributed by atoms with Crippen LogP contribution in [0, 0.1) is 0 Å². The summed E-state index contributed by atoms with van der Waals surface area (Å²) in [6.07, 6.45) is 1.80. The highest BCUT2D eigenvalue weighted by Gasteiger charge is 2.20. The lowest BCUT2D eigenvalue weighted by molar-refractivity contribution is -0.120. The number of benzene rings is 1. The molecule has 0 radical (unpaired) electrons. The number of nitrogens with one attached hydrogen (secondary N) is 2. The van der Waals surface area contributed by atoms with E-state index >= 15 is 0 Å². The maximum atomic E-state index is 12.3. The molecule has 3 aromatic rings. The zero-order valence-electron chi connectivity index (χ0n) is 13.4. The van der Waals surface area contributed by atoms with Crippen molar-refractivity contribution in [2.75, 3.05) is 12.4 Å². The molecule has 2 aromatic heterocycles. The molecule has 0 aliphatic heterocycles. The topological polar surface area (TPSA) is 86.8 Å². The Morgan fingerprint density at radius 3 is 2.88 bits per heavy atom. The number of anilines is 1. The highest BCUT2D eigenvalue weighted by molar-refractivity contribution is 7.13. The van der Waals surface area contributed by atoms with Crippen molar-refractivity contribution in [1.82, 2.24) is 25.3 Å². The minimum absolute atomic E-state index is 0.112. The molecular weight excluding hydrogens is 324 g/mol. The number of nitrogens with zero attached hydrogens (tertiary/aromatic N) is 4. The van der Waals surface area contributed by atoms with Gasteiger partial charge in [-0.15, -0.1) is 10.2 Å². The van der Waals surface area contributed by atoms with E-state index in [-0.39, 0.29) is 11.9 Å². The third kappa shape index (κ3) is 3.66. The lowest BCUT2D eigenvalue weighted by Crippen LogP contribution is -2.39. The Morgan fingerprint density at radius 1 is 1.38 bits per heavy atom. The van der Waals surface area contributed by atoms with Gasteiger partial charge in [0.2, 0.25) is 11.0 Å². The van der Waals surface area contributed by atoms with Crippen molar-refractivity contribution in [2.24, 2.45) is 0 Å². The van der Waals surface area contributed by atoms with Crippen LogP contribution < -0.4 is 5.32 Å². The summed E-state index contributed by atoms with van der Waals surface area (Å²) < 4.78 is 0. The molecule has 7 nitrogen and oxygen atoms in total. The van der Waals surface area contributed by atoms with Crippen LogP contribution in [0.4, 0.5) is 5.13 Å². The third-order valence-electron chi connectivity index (χ3n) is 3.83. The Hall–Kier alpha value is -2.58. The second-order valence-corrected chi connectivity index (χ2v) is 6.29. The molecule has 2 N–H and O–H groups in total. The first kappa shape index (κ1) is 16.3. The Morgan fingerprint density at radius 2 is 2.17 bits per heavy atom. The van der Waals surface area contributed by atoms with Crippen LogP contribution in [0.5, 0.6) is 0 Å². The van der Waals surface area contributed by atoms with Crippen molar-refractivity contribution in [1.29, 1.82) is 0 Å². The van der Waals surface area contributed by atoms with E-state index in [1.54, 1.807) is 11.7 Å². The average Bonchev–Trinajstić information content (AvgIpc) is 3.26. The van der Waals surface area contributed by atoms with Crippen LogP contribution >= 0.6 is 11.3 Å². The summed E-state index contributed by atoms with van der Waals surface area (Å²) >= 11 is 1.30. The van der Waals surface area contributed by atoms with Crippen molar-refractivity contribution >= 4 is 22.4 Å². The van der Waals surface area contributed by atoms with Gasteiger partial charge in [-0.3, -0.25) is 20.1 Å². The highest BCUT2D eigenvalue weighted by Crippen LogP contribution is 2.22. The summed E-state index contributed by atoms with van der Waals surface area (Å²) in [4.78, 5) is 14.3. The van der Waals surface area contributed by atoms with Crippen molar-refractivity contribution in [3.63, 3.8) is 0 Å². The summed E-state index contributed by atoms with van der Waals surface area (Å²) in [5.74, 6) is -0.112. The first-order valence-electron chi connectivity index (χ1n) is 7.50. The largest absolute Gasteiger partial charge is 0.299 e. The number of likely N-dealkylation sites (N-methyl/N-ethyl adjacent to an activating group) is 1. The molecule has 24 heavy (non-hydrogen) atoms. The van der Waals surface area contributed by atoms with Gasteiger partial charge in [0.15, 0.2) is 0 Å². The van der Waals surface area contributed by atoms with Gasteiger partial charge in [0, 0.05) is 12.1 Å². The fourth-order valence-corrected chi connectivity index (χ4v) is 2.78. The minimum Gasteiger partial charge on any atom is -0.299 e. The molecular formula is C16H18N6OS. The number of hydrogen-bond acceptors (Lipinski definition) is 6. The van der Waals surface area contributed by atoms with Crippen molar-refractivity contribution in [2.45, 2.75) is 19.5 Å². The maximum absolute atomic E-state index is 12.3. The monoisotopic (exact) mass is 342 g/mol. The van der Waals surface area contributed by atoms with Crippen LogP contribution in [-0.2, 0) is 11.3 Å². The lowest BCUT2D eigenvalue weighted by atomic mass is 10.1. The molecule has 1 aromatic carbocycles. The SMILES string of the molecule is C[C@@H](C(=O)Nc1nncs1)N(C)Cc1cn[nH]c1-c1ccccc1. The number of carbonyl (C=O) groups excluding carboxylic acids is 1. The Balaban J connectivity index is 1.68. The predicted molar refractivity (Wildman–Crippen MR) is 93.5 cm³/mol. The standard InChI is InChI=1S/C16H18N6OS/c1-11(15(23)19-16-21-18-10-24-16)22(2)9-13-8-17-20-14(13)12-6-4-3-5-7-12/h3-8,10-11H,9H2,1-2H3,(H,17,20)(H,19,21,23)/t11-/m0/s1. The summed E-state index contributed by atoms with van der Waals surface area (Å²) in [6, 6.07) is 9.70. The zero-order valence-corrected chi connectivity index (χ0v) is 14.2. The van der Waals surface area contributed by atoms with E-state index in [1.165, 1.54) is 11.3 Å².